The second-order valence-electron chi connectivity index (χ2n) is 5.44. The van der Waals surface area contributed by atoms with Gasteiger partial charge in [0.25, 0.3) is 0 Å². The summed E-state index contributed by atoms with van der Waals surface area (Å²) in [4.78, 5) is 29.5. The topological polar surface area (TPSA) is 82.5 Å². The van der Waals surface area contributed by atoms with E-state index in [1.807, 2.05) is 4.90 Å². The summed E-state index contributed by atoms with van der Waals surface area (Å²) in [7, 11) is 0. The van der Waals surface area contributed by atoms with Gasteiger partial charge in [-0.05, 0) is 45.2 Å². The lowest BCUT2D eigenvalue weighted by Gasteiger charge is -2.29. The molecule has 1 aromatic heterocycles. The zero-order valence-corrected chi connectivity index (χ0v) is 12.4. The van der Waals surface area contributed by atoms with E-state index in [4.69, 9.17) is 5.11 Å². The van der Waals surface area contributed by atoms with Crippen LogP contribution in [0.4, 0.5) is 5.82 Å². The van der Waals surface area contributed by atoms with Crippen LogP contribution in [-0.4, -0.2) is 46.0 Å². The van der Waals surface area contributed by atoms with E-state index < -0.39 is 12.0 Å². The van der Waals surface area contributed by atoms with Crippen LogP contribution in [0.15, 0.2) is 12.1 Å². The normalized spacial score (nSPS) is 16.4. The van der Waals surface area contributed by atoms with Gasteiger partial charge < -0.3 is 15.3 Å². The highest BCUT2D eigenvalue weighted by Gasteiger charge is 2.22. The number of carbonyl (C=O) groups excluding carboxylic acids is 1. The van der Waals surface area contributed by atoms with Crippen LogP contribution in [0.5, 0.6) is 0 Å². The number of carboxylic acid groups (broad SMARTS) is 1. The number of aromatic carboxylic acids is 1. The fourth-order valence-electron chi connectivity index (χ4n) is 2.54. The molecule has 6 heteroatoms. The standard InChI is InChI=1S/C15H21N3O3/c1-10-8-12(15(20)21)9-13(16-10)17-11(2)14(19)18-6-4-3-5-7-18/h8-9,11H,3-7H2,1-2H3,(H,16,17)(H,20,21). The van der Waals surface area contributed by atoms with Crippen molar-refractivity contribution in [2.45, 2.75) is 39.2 Å². The summed E-state index contributed by atoms with van der Waals surface area (Å²) < 4.78 is 0. The number of nitrogens with zero attached hydrogens (tertiary/aromatic N) is 2. The van der Waals surface area contributed by atoms with Crippen molar-refractivity contribution in [2.24, 2.45) is 0 Å². The van der Waals surface area contributed by atoms with Gasteiger partial charge in [0.15, 0.2) is 0 Å². The summed E-state index contributed by atoms with van der Waals surface area (Å²) in [5.74, 6) is -0.543. The molecule has 1 fully saturated rings. The Labute approximate surface area is 124 Å². The van der Waals surface area contributed by atoms with E-state index in [-0.39, 0.29) is 11.5 Å². The van der Waals surface area contributed by atoms with Crippen LogP contribution in [-0.2, 0) is 4.79 Å². The fourth-order valence-corrected chi connectivity index (χ4v) is 2.54. The third kappa shape index (κ3) is 3.93. The van der Waals surface area contributed by atoms with E-state index in [0.29, 0.717) is 11.5 Å². The zero-order chi connectivity index (χ0) is 15.4. The first-order valence-corrected chi connectivity index (χ1v) is 7.24. The number of carbonyl (C=O) groups is 2. The summed E-state index contributed by atoms with van der Waals surface area (Å²) in [6.07, 6.45) is 3.27. The minimum absolute atomic E-state index is 0.0369. The van der Waals surface area contributed by atoms with Crippen molar-refractivity contribution >= 4 is 17.7 Å². The summed E-state index contributed by atoms with van der Waals surface area (Å²) in [6.45, 7) is 5.11. The molecule has 114 valence electrons. The van der Waals surface area contributed by atoms with E-state index in [1.165, 1.54) is 18.6 Å². The maximum absolute atomic E-state index is 12.3. The molecule has 6 nitrogen and oxygen atoms in total. The molecule has 1 aromatic rings. The highest BCUT2D eigenvalue weighted by molar-refractivity contribution is 5.89. The number of carboxylic acids is 1. The summed E-state index contributed by atoms with van der Waals surface area (Å²) >= 11 is 0. The molecule has 1 unspecified atom stereocenters. The van der Waals surface area contributed by atoms with Crippen molar-refractivity contribution in [1.82, 2.24) is 9.88 Å². The van der Waals surface area contributed by atoms with Gasteiger partial charge in [0.05, 0.1) is 5.56 Å². The molecule has 0 aromatic carbocycles. The number of piperidine rings is 1. The SMILES string of the molecule is Cc1cc(C(=O)O)cc(NC(C)C(=O)N2CCCCC2)n1. The van der Waals surface area contributed by atoms with Gasteiger partial charge >= 0.3 is 5.97 Å². The Morgan fingerprint density at radius 1 is 1.29 bits per heavy atom. The minimum Gasteiger partial charge on any atom is -0.478 e. The van der Waals surface area contributed by atoms with Crippen LogP contribution in [0, 0.1) is 6.92 Å². The maximum Gasteiger partial charge on any atom is 0.335 e. The van der Waals surface area contributed by atoms with Crippen LogP contribution in [0.2, 0.25) is 0 Å². The molecule has 2 rings (SSSR count). The molecule has 0 aliphatic carbocycles. The van der Waals surface area contributed by atoms with Crippen molar-refractivity contribution in [3.63, 3.8) is 0 Å². The highest BCUT2D eigenvalue weighted by atomic mass is 16.4. The predicted octanol–water partition coefficient (Wildman–Crippen LogP) is 1.90. The Morgan fingerprint density at radius 2 is 1.95 bits per heavy atom. The predicted molar refractivity (Wildman–Crippen MR) is 79.4 cm³/mol. The van der Waals surface area contributed by atoms with Gasteiger partial charge in [-0.15, -0.1) is 0 Å². The van der Waals surface area contributed by atoms with Crippen LogP contribution in [0.3, 0.4) is 0 Å². The van der Waals surface area contributed by atoms with Crippen LogP contribution in [0.1, 0.15) is 42.2 Å². The quantitative estimate of drug-likeness (QED) is 0.885. The Hall–Kier alpha value is -2.11. The average molecular weight is 291 g/mol. The number of nitrogens with one attached hydrogen (secondary N) is 1. The van der Waals surface area contributed by atoms with Crippen LogP contribution >= 0.6 is 0 Å². The number of aromatic nitrogens is 1. The van der Waals surface area contributed by atoms with Gasteiger partial charge in [0.2, 0.25) is 5.91 Å². The van der Waals surface area contributed by atoms with Gasteiger partial charge in [-0.3, -0.25) is 4.79 Å². The molecule has 1 amide bonds. The largest absolute Gasteiger partial charge is 0.478 e. The molecule has 1 aliphatic heterocycles. The maximum atomic E-state index is 12.3. The number of anilines is 1. The lowest BCUT2D eigenvalue weighted by Crippen LogP contribution is -2.44. The van der Waals surface area contributed by atoms with Crippen molar-refractivity contribution in [1.29, 1.82) is 0 Å². The molecule has 2 N–H and O–H groups in total. The lowest BCUT2D eigenvalue weighted by molar-refractivity contribution is -0.132. The van der Waals surface area contributed by atoms with E-state index in [2.05, 4.69) is 10.3 Å². The van der Waals surface area contributed by atoms with E-state index in [1.54, 1.807) is 13.8 Å². The van der Waals surface area contributed by atoms with Crippen molar-refractivity contribution in [3.8, 4) is 0 Å². The molecule has 1 atom stereocenters. The van der Waals surface area contributed by atoms with Crippen LogP contribution in [0.25, 0.3) is 0 Å². The second kappa shape index (κ2) is 6.56. The number of aryl methyl sites for hydroxylation is 1. The van der Waals surface area contributed by atoms with E-state index in [9.17, 15) is 9.59 Å². The zero-order valence-electron chi connectivity index (χ0n) is 12.4. The van der Waals surface area contributed by atoms with E-state index >= 15 is 0 Å². The van der Waals surface area contributed by atoms with Gasteiger partial charge in [0, 0.05) is 18.8 Å². The first-order chi connectivity index (χ1) is 9.97. The van der Waals surface area contributed by atoms with Gasteiger partial charge in [-0.1, -0.05) is 0 Å². The molecule has 0 radical (unpaired) electrons. The Morgan fingerprint density at radius 3 is 2.57 bits per heavy atom. The van der Waals surface area contributed by atoms with Crippen molar-refractivity contribution < 1.29 is 14.7 Å². The van der Waals surface area contributed by atoms with Gasteiger partial charge in [-0.2, -0.15) is 0 Å². The Bertz CT molecular complexity index is 539. The van der Waals surface area contributed by atoms with Gasteiger partial charge in [0.1, 0.15) is 11.9 Å². The van der Waals surface area contributed by atoms with Crippen LogP contribution < -0.4 is 5.32 Å². The number of likely N-dealkylation sites (tertiary alicyclic amines) is 1. The van der Waals surface area contributed by atoms with Crippen molar-refractivity contribution in [3.05, 3.63) is 23.4 Å². The molecular weight excluding hydrogens is 270 g/mol. The number of hydrogen-bond acceptors (Lipinski definition) is 4. The first-order valence-electron chi connectivity index (χ1n) is 7.24. The molecule has 0 spiro atoms. The molecule has 2 heterocycles. The van der Waals surface area contributed by atoms with Gasteiger partial charge in [-0.25, -0.2) is 9.78 Å². The number of pyridine rings is 1. The summed E-state index contributed by atoms with van der Waals surface area (Å²) in [5.41, 5.74) is 0.776. The molecule has 0 bridgehead atoms. The monoisotopic (exact) mass is 291 g/mol. The third-order valence-corrected chi connectivity index (χ3v) is 3.60. The molecule has 1 saturated heterocycles. The minimum atomic E-state index is -1.00. The molecule has 1 aliphatic rings. The second-order valence-corrected chi connectivity index (χ2v) is 5.44. The summed E-state index contributed by atoms with van der Waals surface area (Å²) in [5, 5.41) is 12.1. The number of amides is 1. The first kappa shape index (κ1) is 15.3. The third-order valence-electron chi connectivity index (χ3n) is 3.60. The van der Waals surface area contributed by atoms with E-state index in [0.717, 1.165) is 25.9 Å². The highest BCUT2D eigenvalue weighted by Crippen LogP contribution is 2.14. The lowest BCUT2D eigenvalue weighted by atomic mass is 10.1. The fraction of sp³-hybridized carbons (Fsp3) is 0.533. The smallest absolute Gasteiger partial charge is 0.335 e. The number of rotatable bonds is 4. The van der Waals surface area contributed by atoms with Crippen molar-refractivity contribution in [2.75, 3.05) is 18.4 Å². The molecular formula is C15H21N3O3. The summed E-state index contributed by atoms with van der Waals surface area (Å²) in [6, 6.07) is 2.54. The average Bonchev–Trinajstić information content (AvgIpc) is 2.46. The molecule has 0 saturated carbocycles. The molecule has 21 heavy (non-hydrogen) atoms. The Balaban J connectivity index is 2.06. The Kier molecular flexibility index (Phi) is 4.77. The number of hydrogen-bond donors (Lipinski definition) is 2.